The lowest BCUT2D eigenvalue weighted by atomic mass is 9.97. The molecule has 2 amide bonds. The Kier molecular flexibility index (Phi) is 6.07. The van der Waals surface area contributed by atoms with Crippen LogP contribution in [0.3, 0.4) is 0 Å². The molecule has 2 atom stereocenters. The van der Waals surface area contributed by atoms with Crippen molar-refractivity contribution in [3.63, 3.8) is 0 Å². The summed E-state index contributed by atoms with van der Waals surface area (Å²) in [5, 5.41) is 0. The monoisotopic (exact) mass is 434 g/mol. The van der Waals surface area contributed by atoms with Crippen molar-refractivity contribution < 1.29 is 19.1 Å². The van der Waals surface area contributed by atoms with Gasteiger partial charge in [0.1, 0.15) is 11.4 Å². The molecular formula is C26H30N2O4. The van der Waals surface area contributed by atoms with Gasteiger partial charge in [-0.25, -0.2) is 0 Å². The zero-order chi connectivity index (χ0) is 23.0. The zero-order valence-corrected chi connectivity index (χ0v) is 19.3. The van der Waals surface area contributed by atoms with E-state index in [0.717, 1.165) is 22.3 Å². The third-order valence-electron chi connectivity index (χ3n) is 6.05. The number of para-hydroxylation sites is 1. The van der Waals surface area contributed by atoms with E-state index in [4.69, 9.17) is 9.47 Å². The second-order valence-electron chi connectivity index (χ2n) is 8.71. The highest BCUT2D eigenvalue weighted by molar-refractivity contribution is 6.35. The number of imide groups is 1. The van der Waals surface area contributed by atoms with Crippen molar-refractivity contribution >= 4 is 17.4 Å². The molecule has 2 aliphatic heterocycles. The predicted molar refractivity (Wildman–Crippen MR) is 123 cm³/mol. The lowest BCUT2D eigenvalue weighted by molar-refractivity contribution is -0.139. The highest BCUT2D eigenvalue weighted by Crippen LogP contribution is 2.36. The molecule has 1 fully saturated rings. The topological polar surface area (TPSA) is 59.1 Å². The van der Waals surface area contributed by atoms with Crippen LogP contribution in [0, 0.1) is 13.8 Å². The fourth-order valence-corrected chi connectivity index (χ4v) is 4.70. The van der Waals surface area contributed by atoms with E-state index in [1.54, 1.807) is 7.11 Å². The van der Waals surface area contributed by atoms with E-state index in [9.17, 15) is 9.59 Å². The number of aryl methyl sites for hydroxylation is 2. The maximum absolute atomic E-state index is 13.7. The van der Waals surface area contributed by atoms with Gasteiger partial charge in [-0.2, -0.15) is 0 Å². The molecule has 4 rings (SSSR count). The molecule has 2 aromatic carbocycles. The highest BCUT2D eigenvalue weighted by atomic mass is 16.5. The average Bonchev–Trinajstić information content (AvgIpc) is 2.98. The molecule has 2 heterocycles. The SMILES string of the molecule is COc1ccccc1CN1C(=O)C(c2ccc(C)cc2C)=C(N2CC(C)OC(C)C2)C1=O. The number of hydrogen-bond acceptors (Lipinski definition) is 5. The average molecular weight is 435 g/mol. The lowest BCUT2D eigenvalue weighted by Crippen LogP contribution is -2.46. The van der Waals surface area contributed by atoms with Crippen molar-refractivity contribution in [2.75, 3.05) is 20.2 Å². The van der Waals surface area contributed by atoms with E-state index in [1.807, 2.05) is 75.1 Å². The van der Waals surface area contributed by atoms with Crippen LogP contribution >= 0.6 is 0 Å². The Morgan fingerprint density at radius 3 is 2.34 bits per heavy atom. The summed E-state index contributed by atoms with van der Waals surface area (Å²) >= 11 is 0. The Bertz CT molecular complexity index is 1080. The van der Waals surface area contributed by atoms with Crippen molar-refractivity contribution in [3.8, 4) is 5.75 Å². The van der Waals surface area contributed by atoms with Gasteiger partial charge in [0.2, 0.25) is 0 Å². The minimum absolute atomic E-state index is 0.0298. The van der Waals surface area contributed by atoms with E-state index >= 15 is 0 Å². The van der Waals surface area contributed by atoms with Gasteiger partial charge in [0.05, 0.1) is 31.4 Å². The summed E-state index contributed by atoms with van der Waals surface area (Å²) in [5.41, 5.74) is 4.64. The minimum Gasteiger partial charge on any atom is -0.496 e. The summed E-state index contributed by atoms with van der Waals surface area (Å²) in [6, 6.07) is 13.5. The Hall–Kier alpha value is -3.12. The van der Waals surface area contributed by atoms with Crippen LogP contribution in [0.2, 0.25) is 0 Å². The number of ether oxygens (including phenoxy) is 2. The predicted octanol–water partition coefficient (Wildman–Crippen LogP) is 3.70. The number of carbonyl (C=O) groups excluding carboxylic acids is 2. The standard InChI is InChI=1S/C26H30N2O4/c1-16-10-11-21(17(2)12-16)23-24(27-13-18(3)32-19(4)14-27)26(30)28(25(23)29)15-20-8-6-7-9-22(20)31-5/h6-12,18-19H,13-15H2,1-5H3. The number of rotatable bonds is 5. The van der Waals surface area contributed by atoms with E-state index < -0.39 is 0 Å². The third kappa shape index (κ3) is 4.02. The first-order valence-corrected chi connectivity index (χ1v) is 11.0. The molecule has 2 aromatic rings. The Labute approximate surface area is 189 Å². The summed E-state index contributed by atoms with van der Waals surface area (Å²) in [7, 11) is 1.59. The largest absolute Gasteiger partial charge is 0.496 e. The minimum atomic E-state index is -0.269. The van der Waals surface area contributed by atoms with Gasteiger partial charge in [-0.3, -0.25) is 14.5 Å². The van der Waals surface area contributed by atoms with Crippen molar-refractivity contribution in [3.05, 3.63) is 70.4 Å². The van der Waals surface area contributed by atoms with Gasteiger partial charge >= 0.3 is 0 Å². The van der Waals surface area contributed by atoms with E-state index in [0.29, 0.717) is 30.1 Å². The van der Waals surface area contributed by atoms with Crippen molar-refractivity contribution in [1.82, 2.24) is 9.80 Å². The van der Waals surface area contributed by atoms with Crippen molar-refractivity contribution in [1.29, 1.82) is 0 Å². The number of amides is 2. The van der Waals surface area contributed by atoms with Gasteiger partial charge in [0, 0.05) is 18.7 Å². The molecule has 6 heteroatoms. The van der Waals surface area contributed by atoms with Crippen LogP contribution in [0.15, 0.2) is 48.2 Å². The van der Waals surface area contributed by atoms with Crippen LogP contribution in [0.4, 0.5) is 0 Å². The highest BCUT2D eigenvalue weighted by Gasteiger charge is 2.43. The van der Waals surface area contributed by atoms with Crippen molar-refractivity contribution in [2.24, 2.45) is 0 Å². The molecule has 0 radical (unpaired) electrons. The van der Waals surface area contributed by atoms with Crippen LogP contribution in [0.1, 0.15) is 36.1 Å². The molecule has 168 valence electrons. The molecule has 2 aliphatic rings. The molecule has 0 saturated carbocycles. The fourth-order valence-electron chi connectivity index (χ4n) is 4.70. The quantitative estimate of drug-likeness (QED) is 0.672. The Morgan fingerprint density at radius 1 is 1.00 bits per heavy atom. The van der Waals surface area contributed by atoms with E-state index in [-0.39, 0.29) is 30.6 Å². The number of benzene rings is 2. The molecule has 2 unspecified atom stereocenters. The number of carbonyl (C=O) groups is 2. The molecule has 32 heavy (non-hydrogen) atoms. The van der Waals surface area contributed by atoms with Crippen LogP contribution in [0.25, 0.3) is 5.57 Å². The summed E-state index contributed by atoms with van der Waals surface area (Å²) < 4.78 is 11.3. The molecule has 6 nitrogen and oxygen atoms in total. The van der Waals surface area contributed by atoms with Gasteiger partial charge < -0.3 is 14.4 Å². The maximum Gasteiger partial charge on any atom is 0.278 e. The summed E-state index contributed by atoms with van der Waals surface area (Å²) in [6.45, 7) is 9.28. The van der Waals surface area contributed by atoms with Gasteiger partial charge in [-0.15, -0.1) is 0 Å². The van der Waals surface area contributed by atoms with Crippen LogP contribution in [-0.2, 0) is 20.9 Å². The molecule has 1 saturated heterocycles. The molecule has 0 aromatic heterocycles. The first kappa shape index (κ1) is 22.1. The smallest absolute Gasteiger partial charge is 0.278 e. The zero-order valence-electron chi connectivity index (χ0n) is 19.3. The Balaban J connectivity index is 1.79. The molecule has 0 N–H and O–H groups in total. The molecule has 0 spiro atoms. The fraction of sp³-hybridized carbons (Fsp3) is 0.385. The lowest BCUT2D eigenvalue weighted by Gasteiger charge is -2.37. The second-order valence-corrected chi connectivity index (χ2v) is 8.71. The number of methoxy groups -OCH3 is 1. The first-order valence-electron chi connectivity index (χ1n) is 11.0. The van der Waals surface area contributed by atoms with Crippen molar-refractivity contribution in [2.45, 2.75) is 46.4 Å². The number of morpholine rings is 1. The first-order chi connectivity index (χ1) is 15.3. The number of nitrogens with zero attached hydrogens (tertiary/aromatic N) is 2. The molecule has 0 bridgehead atoms. The maximum atomic E-state index is 13.7. The van der Waals surface area contributed by atoms with E-state index in [2.05, 4.69) is 0 Å². The third-order valence-corrected chi connectivity index (χ3v) is 6.05. The van der Waals surface area contributed by atoms with Crippen LogP contribution < -0.4 is 4.74 Å². The summed E-state index contributed by atoms with van der Waals surface area (Å²) in [5.74, 6) is 0.120. The summed E-state index contributed by atoms with van der Waals surface area (Å²) in [6.07, 6.45) is -0.0597. The van der Waals surface area contributed by atoms with Gasteiger partial charge in [0.25, 0.3) is 11.8 Å². The van der Waals surface area contributed by atoms with E-state index in [1.165, 1.54) is 4.90 Å². The van der Waals surface area contributed by atoms with Gasteiger partial charge in [0.15, 0.2) is 0 Å². The van der Waals surface area contributed by atoms with Gasteiger partial charge in [-0.05, 0) is 44.9 Å². The summed E-state index contributed by atoms with van der Waals surface area (Å²) in [4.78, 5) is 30.8. The second kappa shape index (κ2) is 8.79. The Morgan fingerprint density at radius 2 is 1.69 bits per heavy atom. The van der Waals surface area contributed by atoms with Crippen LogP contribution in [-0.4, -0.2) is 54.0 Å². The normalized spacial score (nSPS) is 21.5. The molecule has 0 aliphatic carbocycles. The van der Waals surface area contributed by atoms with Crippen LogP contribution in [0.5, 0.6) is 5.75 Å². The number of hydrogen-bond donors (Lipinski definition) is 0. The molecular weight excluding hydrogens is 404 g/mol. The van der Waals surface area contributed by atoms with Gasteiger partial charge in [-0.1, -0.05) is 42.0 Å².